The lowest BCUT2D eigenvalue weighted by Crippen LogP contribution is -2.45. The van der Waals surface area contributed by atoms with E-state index in [1.54, 1.807) is 31.2 Å². The van der Waals surface area contributed by atoms with Gasteiger partial charge in [0.05, 0.1) is 5.69 Å². The Bertz CT molecular complexity index is 1130. The number of piperazine rings is 1. The van der Waals surface area contributed by atoms with Crippen molar-refractivity contribution in [3.8, 4) is 0 Å². The van der Waals surface area contributed by atoms with Gasteiger partial charge in [-0.05, 0) is 49.7 Å². The lowest BCUT2D eigenvalue weighted by molar-refractivity contribution is 0.101. The fraction of sp³-hybridized carbons (Fsp3) is 0.304. The minimum atomic E-state index is -3.66. The summed E-state index contributed by atoms with van der Waals surface area (Å²) < 4.78 is 28.7. The summed E-state index contributed by atoms with van der Waals surface area (Å²) in [6.07, 6.45) is 1.12. The number of amidine groups is 1. The molecule has 4 rings (SSSR count). The number of rotatable bonds is 6. The Kier molecular flexibility index (Phi) is 5.82. The van der Waals surface area contributed by atoms with Crippen molar-refractivity contribution < 1.29 is 13.2 Å². The molecule has 0 atom stereocenters. The van der Waals surface area contributed by atoms with Crippen LogP contribution < -0.4 is 10.2 Å². The zero-order chi connectivity index (χ0) is 22.0. The van der Waals surface area contributed by atoms with Gasteiger partial charge in [-0.2, -0.15) is 8.42 Å². The van der Waals surface area contributed by atoms with Crippen molar-refractivity contribution in [2.24, 2.45) is 4.40 Å². The molecule has 1 fully saturated rings. The molecule has 2 heterocycles. The summed E-state index contributed by atoms with van der Waals surface area (Å²) in [5.74, 6) is 0.519. The fourth-order valence-corrected chi connectivity index (χ4v) is 5.06. The van der Waals surface area contributed by atoms with E-state index in [-0.39, 0.29) is 10.7 Å². The molecule has 1 saturated heterocycles. The monoisotopic (exact) mass is 438 g/mol. The summed E-state index contributed by atoms with van der Waals surface area (Å²) in [6, 6.07) is 14.5. The predicted octanol–water partition coefficient (Wildman–Crippen LogP) is 3.52. The SMILES string of the molecule is C=C(CCC1=NS(=O)(=O)c2ccccc2N1)N1CCN(c2ccc(C(C)=O)cc2)CC1. The van der Waals surface area contributed by atoms with Gasteiger partial charge in [-0.1, -0.05) is 18.7 Å². The lowest BCUT2D eigenvalue weighted by atomic mass is 10.1. The first-order valence-corrected chi connectivity index (χ1v) is 11.8. The van der Waals surface area contributed by atoms with Crippen LogP contribution in [0, 0.1) is 0 Å². The number of benzene rings is 2. The molecular weight excluding hydrogens is 412 g/mol. The van der Waals surface area contributed by atoms with Gasteiger partial charge in [0.25, 0.3) is 10.0 Å². The van der Waals surface area contributed by atoms with Crippen LogP contribution in [0.1, 0.15) is 30.1 Å². The zero-order valence-electron chi connectivity index (χ0n) is 17.5. The Hall–Kier alpha value is -3.13. The third kappa shape index (κ3) is 4.64. The van der Waals surface area contributed by atoms with Crippen LogP contribution in [0.5, 0.6) is 0 Å². The van der Waals surface area contributed by atoms with Gasteiger partial charge >= 0.3 is 0 Å². The summed E-state index contributed by atoms with van der Waals surface area (Å²) in [7, 11) is -3.66. The molecule has 0 spiro atoms. The van der Waals surface area contributed by atoms with E-state index in [1.807, 2.05) is 24.3 Å². The summed E-state index contributed by atoms with van der Waals surface area (Å²) in [5.41, 5.74) is 3.38. The minimum Gasteiger partial charge on any atom is -0.372 e. The molecule has 0 unspecified atom stereocenters. The van der Waals surface area contributed by atoms with E-state index < -0.39 is 10.0 Å². The van der Waals surface area contributed by atoms with Gasteiger partial charge in [0, 0.05) is 49.5 Å². The van der Waals surface area contributed by atoms with E-state index in [2.05, 4.69) is 26.1 Å². The van der Waals surface area contributed by atoms with Gasteiger partial charge in [0.15, 0.2) is 5.78 Å². The Morgan fingerprint density at radius 1 is 1.06 bits per heavy atom. The van der Waals surface area contributed by atoms with Crippen molar-refractivity contribution in [3.63, 3.8) is 0 Å². The highest BCUT2D eigenvalue weighted by molar-refractivity contribution is 7.90. The summed E-state index contributed by atoms with van der Waals surface area (Å²) in [6.45, 7) is 9.19. The van der Waals surface area contributed by atoms with Crippen molar-refractivity contribution >= 4 is 33.0 Å². The van der Waals surface area contributed by atoms with Gasteiger partial charge in [0.1, 0.15) is 10.7 Å². The number of nitrogens with zero attached hydrogens (tertiary/aromatic N) is 3. The molecule has 0 aromatic heterocycles. The highest BCUT2D eigenvalue weighted by Gasteiger charge is 2.25. The van der Waals surface area contributed by atoms with Crippen molar-refractivity contribution in [2.45, 2.75) is 24.7 Å². The number of hydrogen-bond donors (Lipinski definition) is 1. The van der Waals surface area contributed by atoms with Gasteiger partial charge < -0.3 is 15.1 Å². The third-order valence-electron chi connectivity index (χ3n) is 5.69. The molecule has 1 N–H and O–H groups in total. The smallest absolute Gasteiger partial charge is 0.286 e. The van der Waals surface area contributed by atoms with Crippen LogP contribution in [0.15, 0.2) is 70.1 Å². The molecular formula is C23H26N4O3S. The Labute approximate surface area is 183 Å². The number of sulfonamides is 1. The maximum absolute atomic E-state index is 12.4. The number of ketones is 1. The molecule has 162 valence electrons. The van der Waals surface area contributed by atoms with Gasteiger partial charge in [-0.15, -0.1) is 4.40 Å². The van der Waals surface area contributed by atoms with Gasteiger partial charge in [0.2, 0.25) is 0 Å². The zero-order valence-corrected chi connectivity index (χ0v) is 18.4. The normalized spacial score (nSPS) is 17.4. The second kappa shape index (κ2) is 8.55. The second-order valence-corrected chi connectivity index (χ2v) is 9.35. The number of anilines is 2. The molecule has 8 heteroatoms. The standard InChI is InChI=1S/C23H26N4O3S/c1-17(7-12-23-24-21-5-3-4-6-22(21)31(29,30)25-23)26-13-15-27(16-14-26)20-10-8-19(9-11-20)18(2)28/h3-6,8-11H,1,7,12-16H2,2H3,(H,24,25). The van der Waals surface area contributed by atoms with Crippen molar-refractivity contribution in [1.29, 1.82) is 0 Å². The number of hydrogen-bond acceptors (Lipinski definition) is 6. The van der Waals surface area contributed by atoms with E-state index in [9.17, 15) is 13.2 Å². The Morgan fingerprint density at radius 2 is 1.74 bits per heavy atom. The average molecular weight is 439 g/mol. The Morgan fingerprint density at radius 3 is 2.42 bits per heavy atom. The maximum Gasteiger partial charge on any atom is 0.286 e. The van der Waals surface area contributed by atoms with E-state index >= 15 is 0 Å². The largest absolute Gasteiger partial charge is 0.372 e. The third-order valence-corrected chi connectivity index (χ3v) is 7.06. The molecule has 2 aliphatic heterocycles. The molecule has 0 bridgehead atoms. The molecule has 2 aromatic rings. The van der Waals surface area contributed by atoms with E-state index in [0.29, 0.717) is 24.4 Å². The highest BCUT2D eigenvalue weighted by Crippen LogP contribution is 2.28. The van der Waals surface area contributed by atoms with Crippen LogP contribution in [0.4, 0.5) is 11.4 Å². The molecule has 31 heavy (non-hydrogen) atoms. The van der Waals surface area contributed by atoms with Crippen molar-refractivity contribution in [2.75, 3.05) is 36.4 Å². The molecule has 0 saturated carbocycles. The van der Waals surface area contributed by atoms with Crippen LogP contribution >= 0.6 is 0 Å². The van der Waals surface area contributed by atoms with Gasteiger partial charge in [-0.3, -0.25) is 4.79 Å². The molecule has 7 nitrogen and oxygen atoms in total. The highest BCUT2D eigenvalue weighted by atomic mass is 32.2. The molecule has 0 amide bonds. The molecule has 2 aliphatic rings. The molecule has 0 radical (unpaired) electrons. The minimum absolute atomic E-state index is 0.0704. The fourth-order valence-electron chi connectivity index (χ4n) is 3.88. The number of carbonyl (C=O) groups is 1. The van der Waals surface area contributed by atoms with Crippen molar-refractivity contribution in [1.82, 2.24) is 4.90 Å². The number of nitrogens with one attached hydrogen (secondary N) is 1. The molecule has 2 aromatic carbocycles. The number of allylic oxidation sites excluding steroid dienone is 1. The first-order valence-electron chi connectivity index (χ1n) is 10.3. The van der Waals surface area contributed by atoms with E-state index in [1.165, 1.54) is 0 Å². The van der Waals surface area contributed by atoms with Crippen LogP contribution in [-0.4, -0.2) is 51.1 Å². The maximum atomic E-state index is 12.4. The topological polar surface area (TPSA) is 82.1 Å². The lowest BCUT2D eigenvalue weighted by Gasteiger charge is -2.38. The summed E-state index contributed by atoms with van der Waals surface area (Å²) in [5, 5.41) is 3.13. The number of carbonyl (C=O) groups excluding carboxylic acids is 1. The molecule has 0 aliphatic carbocycles. The summed E-state index contributed by atoms with van der Waals surface area (Å²) >= 11 is 0. The number of fused-ring (bicyclic) bond motifs is 1. The van der Waals surface area contributed by atoms with Crippen LogP contribution in [0.3, 0.4) is 0 Å². The van der Waals surface area contributed by atoms with E-state index in [0.717, 1.165) is 43.1 Å². The quantitative estimate of drug-likeness (QED) is 0.695. The van der Waals surface area contributed by atoms with E-state index in [4.69, 9.17) is 0 Å². The van der Waals surface area contributed by atoms with Crippen molar-refractivity contribution in [3.05, 3.63) is 66.4 Å². The number of Topliss-reactive ketones (excluding diaryl/α,β-unsaturated/α-hetero) is 1. The van der Waals surface area contributed by atoms with Gasteiger partial charge in [-0.25, -0.2) is 0 Å². The van der Waals surface area contributed by atoms with Crippen LogP contribution in [-0.2, 0) is 10.0 Å². The first-order chi connectivity index (χ1) is 14.8. The predicted molar refractivity (Wildman–Crippen MR) is 123 cm³/mol. The summed E-state index contributed by atoms with van der Waals surface area (Å²) in [4.78, 5) is 16.2. The Balaban J connectivity index is 1.31. The second-order valence-electron chi connectivity index (χ2n) is 7.78. The van der Waals surface area contributed by atoms with Crippen LogP contribution in [0.25, 0.3) is 0 Å². The van der Waals surface area contributed by atoms with Crippen LogP contribution in [0.2, 0.25) is 0 Å². The number of para-hydroxylation sites is 1. The average Bonchev–Trinajstić information content (AvgIpc) is 2.77. The first kappa shape index (κ1) is 21.1.